The fraction of sp³-hybridized carbons (Fsp3) is 0.464. The van der Waals surface area contributed by atoms with Crippen LogP contribution < -0.4 is 14.8 Å². The second kappa shape index (κ2) is 10.9. The highest BCUT2D eigenvalue weighted by atomic mass is 16.6. The van der Waals surface area contributed by atoms with Gasteiger partial charge in [-0.05, 0) is 74.5 Å². The highest BCUT2D eigenvalue weighted by Gasteiger charge is 2.15. The summed E-state index contributed by atoms with van der Waals surface area (Å²) in [6, 6.07) is 14.6. The van der Waals surface area contributed by atoms with Crippen molar-refractivity contribution in [3.05, 3.63) is 59.7 Å². The number of anilines is 1. The van der Waals surface area contributed by atoms with E-state index in [1.54, 1.807) is 6.08 Å². The Morgan fingerprint density at radius 1 is 1.06 bits per heavy atom. The Bertz CT molecular complexity index is 972. The van der Waals surface area contributed by atoms with Gasteiger partial charge >= 0.3 is 0 Å². The summed E-state index contributed by atoms with van der Waals surface area (Å²) in [7, 11) is 2.14. The second-order valence-corrected chi connectivity index (χ2v) is 10.0. The highest BCUT2D eigenvalue weighted by Crippen LogP contribution is 2.33. The van der Waals surface area contributed by atoms with E-state index >= 15 is 0 Å². The molecule has 33 heavy (non-hydrogen) atoms. The van der Waals surface area contributed by atoms with E-state index in [9.17, 15) is 4.79 Å². The number of ether oxygens (including phenoxy) is 2. The Morgan fingerprint density at radius 2 is 1.73 bits per heavy atom. The number of hydrogen-bond donors (Lipinski definition) is 1. The van der Waals surface area contributed by atoms with E-state index in [1.165, 1.54) is 5.56 Å². The third-order valence-corrected chi connectivity index (χ3v) is 6.08. The van der Waals surface area contributed by atoms with Crippen LogP contribution in [-0.2, 0) is 10.2 Å². The molecule has 178 valence electrons. The van der Waals surface area contributed by atoms with Crippen molar-refractivity contribution < 1.29 is 14.3 Å². The molecule has 0 radical (unpaired) electrons. The fourth-order valence-corrected chi connectivity index (χ4v) is 3.72. The highest BCUT2D eigenvalue weighted by molar-refractivity contribution is 6.04. The van der Waals surface area contributed by atoms with Crippen molar-refractivity contribution in [1.82, 2.24) is 4.90 Å². The van der Waals surface area contributed by atoms with Crippen LogP contribution in [0.25, 0.3) is 5.57 Å². The maximum absolute atomic E-state index is 12.9. The van der Waals surface area contributed by atoms with Crippen LogP contribution >= 0.6 is 0 Å². The van der Waals surface area contributed by atoms with Crippen molar-refractivity contribution >= 4 is 17.2 Å². The number of allylic oxidation sites excluding steroid dienone is 1. The van der Waals surface area contributed by atoms with Gasteiger partial charge in [-0.25, -0.2) is 0 Å². The minimum atomic E-state index is -0.140. The van der Waals surface area contributed by atoms with Crippen molar-refractivity contribution in [2.75, 3.05) is 32.1 Å². The molecular formula is C28H38N2O3. The molecule has 1 heterocycles. The monoisotopic (exact) mass is 450 g/mol. The normalized spacial score (nSPS) is 14.0. The number of benzene rings is 2. The Labute approximate surface area is 198 Å². The van der Waals surface area contributed by atoms with Gasteiger partial charge < -0.3 is 19.7 Å². The Hall–Kier alpha value is -2.79. The van der Waals surface area contributed by atoms with E-state index in [1.807, 2.05) is 18.2 Å². The van der Waals surface area contributed by atoms with Crippen molar-refractivity contribution in [3.63, 3.8) is 0 Å². The van der Waals surface area contributed by atoms with Gasteiger partial charge in [0.25, 0.3) is 0 Å². The summed E-state index contributed by atoms with van der Waals surface area (Å²) in [5, 5.41) is 2.98. The Balaban J connectivity index is 1.77. The number of nitrogens with one attached hydrogen (secondary N) is 1. The van der Waals surface area contributed by atoms with Gasteiger partial charge in [-0.15, -0.1) is 0 Å². The van der Waals surface area contributed by atoms with E-state index in [-0.39, 0.29) is 11.3 Å². The first-order chi connectivity index (χ1) is 15.6. The molecule has 0 spiro atoms. The largest absolute Gasteiger partial charge is 0.486 e. The van der Waals surface area contributed by atoms with Crippen molar-refractivity contribution in [1.29, 1.82) is 0 Å². The first-order valence-corrected chi connectivity index (χ1v) is 11.9. The van der Waals surface area contributed by atoms with Crippen molar-refractivity contribution in [2.45, 2.75) is 58.9 Å². The Morgan fingerprint density at radius 3 is 2.36 bits per heavy atom. The molecule has 0 atom stereocenters. The maximum atomic E-state index is 12.9. The Kier molecular flexibility index (Phi) is 8.20. The zero-order valence-electron chi connectivity index (χ0n) is 20.9. The first kappa shape index (κ1) is 24.8. The lowest BCUT2D eigenvalue weighted by molar-refractivity contribution is -0.111. The van der Waals surface area contributed by atoms with Gasteiger partial charge in [0.05, 0.1) is 0 Å². The molecule has 1 N–H and O–H groups in total. The molecule has 0 bridgehead atoms. The number of carbonyl (C=O) groups excluding carboxylic acids is 1. The minimum absolute atomic E-state index is 0.0952. The predicted octanol–water partition coefficient (Wildman–Crippen LogP) is 5.90. The van der Waals surface area contributed by atoms with Gasteiger partial charge in [-0.3, -0.25) is 4.79 Å². The van der Waals surface area contributed by atoms with E-state index < -0.39 is 0 Å². The van der Waals surface area contributed by atoms with E-state index in [2.05, 4.69) is 76.1 Å². The molecule has 1 aliphatic rings. The van der Waals surface area contributed by atoms with Gasteiger partial charge in [0.2, 0.25) is 5.91 Å². The summed E-state index contributed by atoms with van der Waals surface area (Å²) in [5.41, 5.74) is 4.21. The molecule has 0 unspecified atom stereocenters. The number of fused-ring (bicyclic) bond motifs is 1. The summed E-state index contributed by atoms with van der Waals surface area (Å²) in [6.07, 6.45) is 3.55. The second-order valence-electron chi connectivity index (χ2n) is 10.0. The number of nitrogens with zero attached hydrogens (tertiary/aromatic N) is 1. The van der Waals surface area contributed by atoms with Crippen LogP contribution in [0.15, 0.2) is 48.5 Å². The number of rotatable bonds is 8. The SMILES string of the molecule is CC(C)N(C)CCCC(=CC(=O)Nc1ccc2c(c1)OCCO2)c1ccc(C(C)(C)C)cc1. The van der Waals surface area contributed by atoms with E-state index in [0.717, 1.165) is 30.5 Å². The van der Waals surface area contributed by atoms with Gasteiger partial charge in [0.15, 0.2) is 11.5 Å². The average molecular weight is 451 g/mol. The smallest absolute Gasteiger partial charge is 0.248 e. The molecule has 0 saturated heterocycles. The molecule has 0 fully saturated rings. The fourth-order valence-electron chi connectivity index (χ4n) is 3.72. The summed E-state index contributed by atoms with van der Waals surface area (Å²) in [5.74, 6) is 1.24. The molecule has 0 saturated carbocycles. The zero-order chi connectivity index (χ0) is 24.0. The molecular weight excluding hydrogens is 412 g/mol. The lowest BCUT2D eigenvalue weighted by atomic mass is 9.86. The zero-order valence-corrected chi connectivity index (χ0v) is 20.9. The molecule has 1 aliphatic heterocycles. The van der Waals surface area contributed by atoms with E-state index in [4.69, 9.17) is 9.47 Å². The van der Waals surface area contributed by atoms with Crippen LogP contribution in [0.5, 0.6) is 11.5 Å². The quantitative estimate of drug-likeness (QED) is 0.509. The van der Waals surface area contributed by atoms with Gasteiger partial charge in [0, 0.05) is 23.9 Å². The molecule has 5 nitrogen and oxygen atoms in total. The third-order valence-electron chi connectivity index (χ3n) is 6.08. The average Bonchev–Trinajstić information content (AvgIpc) is 2.77. The van der Waals surface area contributed by atoms with E-state index in [0.29, 0.717) is 36.4 Å². The summed E-state index contributed by atoms with van der Waals surface area (Å²) >= 11 is 0. The molecule has 0 aliphatic carbocycles. The minimum Gasteiger partial charge on any atom is -0.486 e. The molecule has 0 aromatic heterocycles. The topological polar surface area (TPSA) is 50.8 Å². The van der Waals surface area contributed by atoms with Gasteiger partial charge in [0.1, 0.15) is 13.2 Å². The summed E-state index contributed by atoms with van der Waals surface area (Å²) in [4.78, 5) is 15.3. The predicted molar refractivity (Wildman–Crippen MR) is 136 cm³/mol. The van der Waals surface area contributed by atoms with Crippen LogP contribution in [0.4, 0.5) is 5.69 Å². The molecule has 5 heteroatoms. The van der Waals surface area contributed by atoms with Crippen LogP contribution in [-0.4, -0.2) is 43.7 Å². The number of carbonyl (C=O) groups is 1. The van der Waals surface area contributed by atoms with Crippen LogP contribution in [0.1, 0.15) is 58.6 Å². The third kappa shape index (κ3) is 7.10. The number of amides is 1. The van der Waals surface area contributed by atoms with Crippen molar-refractivity contribution in [2.24, 2.45) is 0 Å². The molecule has 2 aromatic rings. The summed E-state index contributed by atoms with van der Waals surface area (Å²) < 4.78 is 11.2. The van der Waals surface area contributed by atoms with Crippen LogP contribution in [0.2, 0.25) is 0 Å². The standard InChI is InChI=1S/C28H38N2O3/c1-20(2)30(6)15-7-8-22(21-9-11-23(12-10-21)28(3,4)5)18-27(31)29-24-13-14-25-26(19-24)33-17-16-32-25/h9-14,18-20H,7-8,15-17H2,1-6H3,(H,29,31). The first-order valence-electron chi connectivity index (χ1n) is 11.9. The summed E-state index contributed by atoms with van der Waals surface area (Å²) in [6.45, 7) is 13.1. The van der Waals surface area contributed by atoms with Crippen LogP contribution in [0, 0.1) is 0 Å². The lowest BCUT2D eigenvalue weighted by Crippen LogP contribution is -2.27. The van der Waals surface area contributed by atoms with Crippen molar-refractivity contribution in [3.8, 4) is 11.5 Å². The molecule has 3 rings (SSSR count). The number of hydrogen-bond acceptors (Lipinski definition) is 4. The lowest BCUT2D eigenvalue weighted by Gasteiger charge is -2.22. The van der Waals surface area contributed by atoms with Crippen LogP contribution in [0.3, 0.4) is 0 Å². The molecule has 1 amide bonds. The maximum Gasteiger partial charge on any atom is 0.248 e. The molecule has 2 aromatic carbocycles. The van der Waals surface area contributed by atoms with Gasteiger partial charge in [-0.1, -0.05) is 45.0 Å². The van der Waals surface area contributed by atoms with Gasteiger partial charge in [-0.2, -0.15) is 0 Å².